The average Bonchev–Trinajstić information content (AvgIpc) is 3.15. The van der Waals surface area contributed by atoms with Crippen molar-refractivity contribution in [2.45, 2.75) is 25.8 Å². The van der Waals surface area contributed by atoms with Crippen LogP contribution in [-0.2, 0) is 17.8 Å². The van der Waals surface area contributed by atoms with E-state index in [1.54, 1.807) is 25.6 Å². The SMILES string of the molecule is COc1ccc(CCN(Cc2ccsc2)C(=O)CCCN)cc1OC.Cl. The molecule has 0 radical (unpaired) electrons. The van der Waals surface area contributed by atoms with Crippen LogP contribution in [0.3, 0.4) is 0 Å². The van der Waals surface area contributed by atoms with Crippen LogP contribution in [0.4, 0.5) is 0 Å². The van der Waals surface area contributed by atoms with Gasteiger partial charge in [-0.25, -0.2) is 0 Å². The first-order chi connectivity index (χ1) is 12.2. The summed E-state index contributed by atoms with van der Waals surface area (Å²) in [4.78, 5) is 14.4. The summed E-state index contributed by atoms with van der Waals surface area (Å²) < 4.78 is 10.6. The number of thiophene rings is 1. The predicted molar refractivity (Wildman–Crippen MR) is 109 cm³/mol. The number of methoxy groups -OCH3 is 2. The number of benzene rings is 1. The summed E-state index contributed by atoms with van der Waals surface area (Å²) in [6.45, 7) is 1.84. The van der Waals surface area contributed by atoms with E-state index < -0.39 is 0 Å². The maximum atomic E-state index is 12.5. The first-order valence-corrected chi connectivity index (χ1v) is 9.32. The Bertz CT molecular complexity index is 665. The van der Waals surface area contributed by atoms with Gasteiger partial charge in [0.1, 0.15) is 0 Å². The smallest absolute Gasteiger partial charge is 0.222 e. The molecule has 26 heavy (non-hydrogen) atoms. The lowest BCUT2D eigenvalue weighted by Gasteiger charge is -2.23. The minimum absolute atomic E-state index is 0. The Hall–Kier alpha value is -1.76. The van der Waals surface area contributed by atoms with Crippen molar-refractivity contribution in [3.8, 4) is 11.5 Å². The van der Waals surface area contributed by atoms with Crippen LogP contribution < -0.4 is 15.2 Å². The highest BCUT2D eigenvalue weighted by Gasteiger charge is 2.14. The second kappa shape index (κ2) is 11.8. The molecule has 1 aromatic carbocycles. The molecule has 0 bridgehead atoms. The Kier molecular flexibility index (Phi) is 10.1. The molecule has 0 spiro atoms. The zero-order valence-corrected chi connectivity index (χ0v) is 16.9. The summed E-state index contributed by atoms with van der Waals surface area (Å²) in [6, 6.07) is 7.93. The molecule has 1 amide bonds. The first-order valence-electron chi connectivity index (χ1n) is 8.37. The van der Waals surface area contributed by atoms with Crippen LogP contribution in [0.1, 0.15) is 24.0 Å². The fourth-order valence-corrected chi connectivity index (χ4v) is 3.27. The zero-order valence-electron chi connectivity index (χ0n) is 15.3. The molecule has 5 nitrogen and oxygen atoms in total. The summed E-state index contributed by atoms with van der Waals surface area (Å²) in [6.07, 6.45) is 1.97. The van der Waals surface area contributed by atoms with E-state index in [-0.39, 0.29) is 18.3 Å². The third-order valence-corrected chi connectivity index (χ3v) is 4.75. The summed E-state index contributed by atoms with van der Waals surface area (Å²) in [5.74, 6) is 1.57. The average molecular weight is 399 g/mol. The minimum atomic E-state index is 0. The molecule has 0 aliphatic heterocycles. The highest BCUT2D eigenvalue weighted by molar-refractivity contribution is 7.07. The Morgan fingerprint density at radius 2 is 1.92 bits per heavy atom. The summed E-state index contributed by atoms with van der Waals surface area (Å²) in [5, 5.41) is 4.12. The number of carbonyl (C=O) groups excluding carboxylic acids is 1. The maximum absolute atomic E-state index is 12.5. The highest BCUT2D eigenvalue weighted by atomic mass is 35.5. The maximum Gasteiger partial charge on any atom is 0.222 e. The van der Waals surface area contributed by atoms with Gasteiger partial charge in [0.05, 0.1) is 14.2 Å². The second-order valence-corrected chi connectivity index (χ2v) is 6.56. The monoisotopic (exact) mass is 398 g/mol. The van der Waals surface area contributed by atoms with Crippen molar-refractivity contribution in [3.63, 3.8) is 0 Å². The third kappa shape index (κ3) is 6.52. The van der Waals surface area contributed by atoms with E-state index in [0.717, 1.165) is 18.4 Å². The van der Waals surface area contributed by atoms with E-state index in [9.17, 15) is 4.79 Å². The Morgan fingerprint density at radius 3 is 2.54 bits per heavy atom. The standard InChI is InChI=1S/C19H26N2O3S.ClH/c1-23-17-6-5-15(12-18(17)24-2)7-10-21(19(22)4-3-9-20)13-16-8-11-25-14-16;/h5-6,8,11-12,14H,3-4,7,9-10,13,20H2,1-2H3;1H. The van der Waals surface area contributed by atoms with Gasteiger partial charge in [-0.2, -0.15) is 11.3 Å². The van der Waals surface area contributed by atoms with Crippen molar-refractivity contribution >= 4 is 29.7 Å². The van der Waals surface area contributed by atoms with Gasteiger partial charge >= 0.3 is 0 Å². The molecule has 0 fully saturated rings. The molecule has 0 unspecified atom stereocenters. The van der Waals surface area contributed by atoms with Gasteiger partial charge in [-0.15, -0.1) is 12.4 Å². The molecule has 1 heterocycles. The number of ether oxygens (including phenoxy) is 2. The number of hydrogen-bond donors (Lipinski definition) is 1. The van der Waals surface area contributed by atoms with Gasteiger partial charge in [-0.1, -0.05) is 6.07 Å². The zero-order chi connectivity index (χ0) is 18.1. The summed E-state index contributed by atoms with van der Waals surface area (Å²) >= 11 is 1.65. The van der Waals surface area contributed by atoms with Gasteiger partial charge < -0.3 is 20.1 Å². The van der Waals surface area contributed by atoms with E-state index in [1.807, 2.05) is 28.5 Å². The number of nitrogens with two attached hydrogens (primary N) is 1. The van der Waals surface area contributed by atoms with E-state index in [1.165, 1.54) is 5.56 Å². The Balaban J connectivity index is 0.00000338. The molecule has 0 aliphatic carbocycles. The molecule has 1 aromatic heterocycles. The molecular weight excluding hydrogens is 372 g/mol. The minimum Gasteiger partial charge on any atom is -0.493 e. The number of rotatable bonds is 10. The van der Waals surface area contributed by atoms with Gasteiger partial charge in [0.25, 0.3) is 0 Å². The van der Waals surface area contributed by atoms with Crippen molar-refractivity contribution in [1.82, 2.24) is 4.90 Å². The molecule has 0 saturated carbocycles. The second-order valence-electron chi connectivity index (χ2n) is 5.78. The fourth-order valence-electron chi connectivity index (χ4n) is 2.61. The van der Waals surface area contributed by atoms with Gasteiger partial charge in [0, 0.05) is 19.5 Å². The molecule has 2 N–H and O–H groups in total. The van der Waals surface area contributed by atoms with Crippen molar-refractivity contribution in [2.24, 2.45) is 5.73 Å². The number of nitrogens with zero attached hydrogens (tertiary/aromatic N) is 1. The molecular formula is C19H27ClN2O3S. The lowest BCUT2D eigenvalue weighted by atomic mass is 10.1. The van der Waals surface area contributed by atoms with E-state index in [4.69, 9.17) is 15.2 Å². The Morgan fingerprint density at radius 1 is 1.15 bits per heavy atom. The normalized spacial score (nSPS) is 10.1. The van der Waals surface area contributed by atoms with Crippen molar-refractivity contribution < 1.29 is 14.3 Å². The van der Waals surface area contributed by atoms with Crippen molar-refractivity contribution in [2.75, 3.05) is 27.3 Å². The van der Waals surface area contributed by atoms with Crippen LogP contribution in [0.5, 0.6) is 11.5 Å². The predicted octanol–water partition coefficient (Wildman–Crippen LogP) is 3.50. The molecule has 0 aliphatic rings. The van der Waals surface area contributed by atoms with Crippen LogP contribution in [-0.4, -0.2) is 38.1 Å². The van der Waals surface area contributed by atoms with E-state index in [0.29, 0.717) is 37.6 Å². The Labute approximate surface area is 165 Å². The van der Waals surface area contributed by atoms with E-state index in [2.05, 4.69) is 11.4 Å². The van der Waals surface area contributed by atoms with Crippen LogP contribution in [0.25, 0.3) is 0 Å². The highest BCUT2D eigenvalue weighted by Crippen LogP contribution is 2.27. The van der Waals surface area contributed by atoms with Gasteiger partial charge in [-0.3, -0.25) is 4.79 Å². The molecule has 2 rings (SSSR count). The topological polar surface area (TPSA) is 64.8 Å². The van der Waals surface area contributed by atoms with E-state index >= 15 is 0 Å². The number of halogens is 1. The van der Waals surface area contributed by atoms with Gasteiger partial charge in [0.2, 0.25) is 5.91 Å². The largest absolute Gasteiger partial charge is 0.493 e. The molecule has 7 heteroatoms. The molecule has 0 saturated heterocycles. The summed E-state index contributed by atoms with van der Waals surface area (Å²) in [7, 11) is 3.25. The van der Waals surface area contributed by atoms with Crippen LogP contribution in [0.2, 0.25) is 0 Å². The van der Waals surface area contributed by atoms with Crippen LogP contribution >= 0.6 is 23.7 Å². The van der Waals surface area contributed by atoms with Crippen molar-refractivity contribution in [1.29, 1.82) is 0 Å². The summed E-state index contributed by atoms with van der Waals surface area (Å²) in [5.41, 5.74) is 7.82. The van der Waals surface area contributed by atoms with Crippen molar-refractivity contribution in [3.05, 3.63) is 46.2 Å². The van der Waals surface area contributed by atoms with Gasteiger partial charge in [-0.05, 0) is 59.5 Å². The number of hydrogen-bond acceptors (Lipinski definition) is 5. The van der Waals surface area contributed by atoms with Crippen LogP contribution in [0, 0.1) is 0 Å². The lowest BCUT2D eigenvalue weighted by Crippen LogP contribution is -2.32. The number of amides is 1. The molecule has 144 valence electrons. The lowest BCUT2D eigenvalue weighted by molar-refractivity contribution is -0.131. The molecule has 0 atom stereocenters. The third-order valence-electron chi connectivity index (χ3n) is 4.02. The van der Waals surface area contributed by atoms with Gasteiger partial charge in [0.15, 0.2) is 11.5 Å². The number of carbonyl (C=O) groups is 1. The van der Waals surface area contributed by atoms with Crippen LogP contribution in [0.15, 0.2) is 35.0 Å². The quantitative estimate of drug-likeness (QED) is 0.665. The fraction of sp³-hybridized carbons (Fsp3) is 0.421. The first kappa shape index (κ1) is 22.3. The molecule has 2 aromatic rings.